The van der Waals surface area contributed by atoms with Gasteiger partial charge in [0.15, 0.2) is 5.78 Å². The largest absolute Gasteiger partial charge is 0.399 e. The second kappa shape index (κ2) is 3.63. The molecule has 0 aliphatic rings. The number of rotatable bonds is 1. The van der Waals surface area contributed by atoms with Crippen LogP contribution in [0.25, 0.3) is 21.9 Å². The molecule has 98 valence electrons. The van der Waals surface area contributed by atoms with Crippen molar-refractivity contribution in [1.82, 2.24) is 9.97 Å². The van der Waals surface area contributed by atoms with Gasteiger partial charge in [-0.1, -0.05) is 26.8 Å². The normalized spacial score (nSPS) is 12.4. The average molecular weight is 255 g/mol. The Labute approximate surface area is 111 Å². The number of benzene rings is 1. The Balaban J connectivity index is 2.20. The van der Waals surface area contributed by atoms with Gasteiger partial charge >= 0.3 is 0 Å². The maximum absolute atomic E-state index is 12.3. The lowest BCUT2D eigenvalue weighted by atomic mass is 9.89. The van der Waals surface area contributed by atoms with Crippen molar-refractivity contribution < 1.29 is 4.79 Å². The number of anilines is 1. The molecule has 0 unspecified atom stereocenters. The van der Waals surface area contributed by atoms with Gasteiger partial charge in [-0.3, -0.25) is 4.79 Å². The molecule has 0 bridgehead atoms. The number of aromatic nitrogens is 2. The summed E-state index contributed by atoms with van der Waals surface area (Å²) >= 11 is 0. The Bertz CT molecular complexity index is 787. The van der Waals surface area contributed by atoms with Crippen LogP contribution in [-0.2, 0) is 0 Å². The highest BCUT2D eigenvalue weighted by Gasteiger charge is 2.25. The van der Waals surface area contributed by atoms with Gasteiger partial charge in [-0.2, -0.15) is 0 Å². The zero-order valence-electron chi connectivity index (χ0n) is 11.3. The van der Waals surface area contributed by atoms with Gasteiger partial charge in [0, 0.05) is 27.4 Å². The van der Waals surface area contributed by atoms with Crippen LogP contribution in [-0.4, -0.2) is 15.8 Å². The maximum atomic E-state index is 12.3. The Morgan fingerprint density at radius 2 is 1.84 bits per heavy atom. The maximum Gasteiger partial charge on any atom is 0.184 e. The van der Waals surface area contributed by atoms with Crippen molar-refractivity contribution in [3.63, 3.8) is 0 Å². The second-order valence-electron chi connectivity index (χ2n) is 5.98. The second-order valence-corrected chi connectivity index (χ2v) is 5.98. The Morgan fingerprint density at radius 3 is 2.53 bits per heavy atom. The topological polar surface area (TPSA) is 74.7 Å². The summed E-state index contributed by atoms with van der Waals surface area (Å²) in [5, 5.41) is 2.11. The third kappa shape index (κ3) is 1.80. The van der Waals surface area contributed by atoms with Gasteiger partial charge in [-0.25, -0.2) is 0 Å². The summed E-state index contributed by atoms with van der Waals surface area (Å²) in [6, 6.07) is 7.66. The number of fused-ring (bicyclic) bond motifs is 3. The van der Waals surface area contributed by atoms with Crippen LogP contribution in [0.3, 0.4) is 0 Å². The molecule has 0 radical (unpaired) electrons. The summed E-state index contributed by atoms with van der Waals surface area (Å²) in [6.07, 6.45) is 0. The number of ketones is 1. The molecular weight excluding hydrogens is 238 g/mol. The van der Waals surface area contributed by atoms with Gasteiger partial charge < -0.3 is 15.7 Å². The third-order valence-electron chi connectivity index (χ3n) is 3.34. The minimum Gasteiger partial charge on any atom is -0.399 e. The van der Waals surface area contributed by atoms with Crippen LogP contribution in [0.2, 0.25) is 0 Å². The summed E-state index contributed by atoms with van der Waals surface area (Å²) in [5.41, 5.74) is 8.60. The number of nitrogens with two attached hydrogens (primary N) is 1. The van der Waals surface area contributed by atoms with Crippen LogP contribution >= 0.6 is 0 Å². The van der Waals surface area contributed by atoms with E-state index in [0.717, 1.165) is 27.6 Å². The molecule has 0 amide bonds. The smallest absolute Gasteiger partial charge is 0.184 e. The average Bonchev–Trinajstić information content (AvgIpc) is 2.82. The summed E-state index contributed by atoms with van der Waals surface area (Å²) in [7, 11) is 0. The van der Waals surface area contributed by atoms with Crippen LogP contribution in [0.1, 0.15) is 31.3 Å². The minimum absolute atomic E-state index is 0.112. The number of carbonyl (C=O) groups is 1. The lowest BCUT2D eigenvalue weighted by molar-refractivity contribution is 0.0854. The van der Waals surface area contributed by atoms with Crippen LogP contribution in [0.15, 0.2) is 24.3 Å². The molecule has 4 nitrogen and oxygen atoms in total. The molecule has 4 N–H and O–H groups in total. The molecule has 2 aromatic heterocycles. The molecule has 4 heteroatoms. The molecule has 19 heavy (non-hydrogen) atoms. The molecule has 0 fully saturated rings. The summed E-state index contributed by atoms with van der Waals surface area (Å²) < 4.78 is 0. The molecule has 0 spiro atoms. The molecule has 0 saturated heterocycles. The van der Waals surface area contributed by atoms with Gasteiger partial charge in [-0.05, 0) is 18.2 Å². The third-order valence-corrected chi connectivity index (χ3v) is 3.34. The van der Waals surface area contributed by atoms with Crippen molar-refractivity contribution in [1.29, 1.82) is 0 Å². The molecule has 3 rings (SSSR count). The number of Topliss-reactive ketones (excluding diaryl/α,β-unsaturated/α-hetero) is 1. The fourth-order valence-electron chi connectivity index (χ4n) is 2.33. The number of nitrogens with one attached hydrogen (secondary N) is 2. The van der Waals surface area contributed by atoms with E-state index < -0.39 is 0 Å². The molecule has 1 aromatic carbocycles. The van der Waals surface area contributed by atoms with Crippen LogP contribution < -0.4 is 5.73 Å². The van der Waals surface area contributed by atoms with E-state index in [4.69, 9.17) is 5.73 Å². The molecule has 0 aliphatic heterocycles. The zero-order chi connectivity index (χ0) is 13.8. The van der Waals surface area contributed by atoms with Gasteiger partial charge in [0.1, 0.15) is 5.65 Å². The first-order chi connectivity index (χ1) is 8.86. The van der Waals surface area contributed by atoms with Crippen molar-refractivity contribution in [3.05, 3.63) is 30.0 Å². The van der Waals surface area contributed by atoms with Crippen molar-refractivity contribution in [3.8, 4) is 0 Å². The van der Waals surface area contributed by atoms with E-state index in [1.807, 2.05) is 45.0 Å². The minimum atomic E-state index is -0.386. The fraction of sp³-hybridized carbons (Fsp3) is 0.267. The molecule has 3 aromatic rings. The first-order valence-corrected chi connectivity index (χ1v) is 6.31. The quantitative estimate of drug-likeness (QED) is 0.460. The Kier molecular flexibility index (Phi) is 2.26. The van der Waals surface area contributed by atoms with Crippen molar-refractivity contribution in [2.24, 2.45) is 5.41 Å². The lowest BCUT2D eigenvalue weighted by Gasteiger charge is -2.14. The summed E-state index contributed by atoms with van der Waals surface area (Å²) in [4.78, 5) is 18.7. The van der Waals surface area contributed by atoms with Crippen LogP contribution in [0.5, 0.6) is 0 Å². The Morgan fingerprint density at radius 1 is 1.11 bits per heavy atom. The standard InChI is InChI=1S/C15H17N3O/c1-15(2,3)13(19)12-7-10-9-5-4-8(16)6-11(9)17-14(10)18-12/h4-7,17-18H,16H2,1-3H3. The fourth-order valence-corrected chi connectivity index (χ4v) is 2.33. The molecule has 0 aliphatic carbocycles. The van der Waals surface area contributed by atoms with Gasteiger partial charge in [-0.15, -0.1) is 0 Å². The van der Waals surface area contributed by atoms with E-state index in [0.29, 0.717) is 5.69 Å². The van der Waals surface area contributed by atoms with Gasteiger partial charge in [0.05, 0.1) is 5.69 Å². The van der Waals surface area contributed by atoms with E-state index in [1.54, 1.807) is 0 Å². The summed E-state index contributed by atoms with van der Waals surface area (Å²) in [6.45, 7) is 5.76. The first-order valence-electron chi connectivity index (χ1n) is 6.31. The molecule has 0 atom stereocenters. The predicted octanol–water partition coefficient (Wildman–Crippen LogP) is 3.46. The van der Waals surface area contributed by atoms with Crippen molar-refractivity contribution in [2.45, 2.75) is 20.8 Å². The summed E-state index contributed by atoms with van der Waals surface area (Å²) in [5.74, 6) is 0.112. The number of nitrogen functional groups attached to an aromatic ring is 1. The van der Waals surface area contributed by atoms with Crippen LogP contribution in [0.4, 0.5) is 5.69 Å². The highest BCUT2D eigenvalue weighted by molar-refractivity contribution is 6.11. The molecular formula is C15H17N3O. The number of carbonyl (C=O) groups excluding carboxylic acids is 1. The van der Waals surface area contributed by atoms with E-state index in [9.17, 15) is 4.79 Å². The monoisotopic (exact) mass is 255 g/mol. The molecule has 0 saturated carbocycles. The number of H-pyrrole nitrogens is 2. The van der Waals surface area contributed by atoms with Crippen LogP contribution in [0, 0.1) is 5.41 Å². The SMILES string of the molecule is CC(C)(C)C(=O)c1cc2c([nH]1)[nH]c1cc(N)ccc12. The lowest BCUT2D eigenvalue weighted by Crippen LogP contribution is -2.20. The highest BCUT2D eigenvalue weighted by atomic mass is 16.1. The van der Waals surface area contributed by atoms with Crippen molar-refractivity contribution >= 4 is 33.4 Å². The predicted molar refractivity (Wildman–Crippen MR) is 78.4 cm³/mol. The van der Waals surface area contributed by atoms with Gasteiger partial charge in [0.25, 0.3) is 0 Å². The zero-order valence-corrected chi connectivity index (χ0v) is 11.3. The van der Waals surface area contributed by atoms with E-state index in [-0.39, 0.29) is 11.2 Å². The highest BCUT2D eigenvalue weighted by Crippen LogP contribution is 2.29. The number of aromatic amines is 2. The first kappa shape index (κ1) is 11.8. The number of hydrogen-bond donors (Lipinski definition) is 3. The molecule has 2 heterocycles. The van der Waals surface area contributed by atoms with Gasteiger partial charge in [0.2, 0.25) is 0 Å². The van der Waals surface area contributed by atoms with Crippen molar-refractivity contribution in [2.75, 3.05) is 5.73 Å². The van der Waals surface area contributed by atoms with E-state index in [1.165, 1.54) is 0 Å². The van der Waals surface area contributed by atoms with E-state index >= 15 is 0 Å². The van der Waals surface area contributed by atoms with E-state index in [2.05, 4.69) is 9.97 Å². The number of hydrogen-bond acceptors (Lipinski definition) is 2. The Hall–Kier alpha value is -2.23.